The summed E-state index contributed by atoms with van der Waals surface area (Å²) in [6.45, 7) is 53.8. The van der Waals surface area contributed by atoms with E-state index >= 15 is 0 Å². The number of thioether (sulfide) groups is 1. The van der Waals surface area contributed by atoms with Gasteiger partial charge in [-0.25, -0.2) is 14.4 Å². The van der Waals surface area contributed by atoms with E-state index in [0.717, 1.165) is 33.7 Å². The first-order valence-corrected chi connectivity index (χ1v) is 35.8. The molecule has 107 heavy (non-hydrogen) atoms. The Morgan fingerprint density at radius 2 is 0.944 bits per heavy atom. The number of nitrogens with zero attached hydrogens (tertiary/aromatic N) is 4. The summed E-state index contributed by atoms with van der Waals surface area (Å²) in [5, 5.41) is 11.0. The van der Waals surface area contributed by atoms with Crippen molar-refractivity contribution in [2.45, 2.75) is 251 Å². The largest absolute Gasteiger partial charge is 0.482 e. The molecule has 30 nitrogen and oxygen atoms in total. The molecule has 0 aromatic carbocycles. The van der Waals surface area contributed by atoms with Crippen molar-refractivity contribution in [2.24, 2.45) is 28.1 Å². The van der Waals surface area contributed by atoms with Crippen LogP contribution >= 0.6 is 11.8 Å². The van der Waals surface area contributed by atoms with Gasteiger partial charge in [0, 0.05) is 83.5 Å². The normalized spacial score (nSPS) is 17.9. The van der Waals surface area contributed by atoms with Crippen molar-refractivity contribution in [3.63, 3.8) is 0 Å². The second kappa shape index (κ2) is 38.6. The van der Waals surface area contributed by atoms with Crippen LogP contribution in [0.2, 0.25) is 0 Å². The summed E-state index contributed by atoms with van der Waals surface area (Å²) in [6.07, 6.45) is 5.99. The van der Waals surface area contributed by atoms with Crippen LogP contribution in [0.5, 0.6) is 5.88 Å². The minimum absolute atomic E-state index is 0.0139. The van der Waals surface area contributed by atoms with Gasteiger partial charge in [0.2, 0.25) is 53.1 Å². The highest BCUT2D eigenvalue weighted by atomic mass is 32.2. The fourth-order valence-electron chi connectivity index (χ4n) is 10.1. The van der Waals surface area contributed by atoms with E-state index in [1.54, 1.807) is 44.0 Å². The summed E-state index contributed by atoms with van der Waals surface area (Å²) in [7, 11) is 1.53. The number of urea groups is 1. The number of amides is 11. The topological polar surface area (TPSA) is 422 Å². The molecule has 0 aliphatic carbocycles. The van der Waals surface area contributed by atoms with Gasteiger partial charge in [0.1, 0.15) is 0 Å². The Morgan fingerprint density at radius 1 is 0.458 bits per heavy atom. The number of hydrogen-bond acceptors (Lipinski definition) is 19. The summed E-state index contributed by atoms with van der Waals surface area (Å²) in [4.78, 5) is 189. The average molecular weight is 1520 g/mol. The minimum atomic E-state index is -0.981. The van der Waals surface area contributed by atoms with Crippen LogP contribution in [0.4, 0.5) is 14.0 Å². The molecule has 9 heterocycles. The van der Waals surface area contributed by atoms with E-state index in [2.05, 4.69) is 41.5 Å². The number of halogens is 1. The van der Waals surface area contributed by atoms with E-state index in [4.69, 9.17) is 4.74 Å². The highest BCUT2D eigenvalue weighted by molar-refractivity contribution is 8.15. The molecule has 0 saturated carbocycles. The van der Waals surface area contributed by atoms with Gasteiger partial charge in [-0.15, -0.1) is 0 Å². The molecule has 5 saturated heterocycles. The van der Waals surface area contributed by atoms with Gasteiger partial charge in [0.15, 0.2) is 5.88 Å². The lowest BCUT2D eigenvalue weighted by Crippen LogP contribution is -2.57. The first-order valence-electron chi connectivity index (χ1n) is 34.9. The van der Waals surface area contributed by atoms with Crippen LogP contribution in [0.15, 0.2) is 77.7 Å². The Balaban J connectivity index is 0.000000602. The second-order valence-electron chi connectivity index (χ2n) is 35.1. The molecule has 32 heteroatoms. The number of aromatic amines is 4. The average Bonchev–Trinajstić information content (AvgIpc) is 1.83. The predicted molar refractivity (Wildman–Crippen MR) is 410 cm³/mol. The summed E-state index contributed by atoms with van der Waals surface area (Å²) in [5.74, 6) is -1.88. The summed E-state index contributed by atoms with van der Waals surface area (Å²) in [6, 6.07) is 8.34. The highest BCUT2D eigenvalue weighted by Gasteiger charge is 2.41. The fourth-order valence-corrected chi connectivity index (χ4v) is 11.0. The van der Waals surface area contributed by atoms with E-state index in [9.17, 15) is 81.1 Å². The number of hydrogen-bond donors (Lipinski definition) is 9. The number of ether oxygens (including phenoxy) is 1. The van der Waals surface area contributed by atoms with Crippen LogP contribution < -0.4 is 64.9 Å². The summed E-state index contributed by atoms with van der Waals surface area (Å²) >= 11 is 1.08. The zero-order valence-electron chi connectivity index (χ0n) is 67.8. The first-order chi connectivity index (χ1) is 48.2. The van der Waals surface area contributed by atoms with Crippen molar-refractivity contribution >= 4 is 70.3 Å². The molecule has 5 aliphatic heterocycles. The van der Waals surface area contributed by atoms with Crippen LogP contribution in [0.3, 0.4) is 0 Å². The van der Waals surface area contributed by atoms with E-state index in [0.29, 0.717) is 51.2 Å². The molecule has 9 rings (SSSR count). The molecule has 3 atom stereocenters. The number of carbonyl (C=O) groups is 10. The van der Waals surface area contributed by atoms with Crippen LogP contribution in [-0.4, -0.2) is 140 Å². The summed E-state index contributed by atoms with van der Waals surface area (Å²) < 4.78 is 20.3. The molecule has 0 radical (unpaired) electrons. The number of pyridine rings is 2. The molecule has 9 N–H and O–H groups in total. The minimum Gasteiger partial charge on any atom is -0.482 e. The Kier molecular flexibility index (Phi) is 34.5. The van der Waals surface area contributed by atoms with Gasteiger partial charge in [0.05, 0.1) is 37.6 Å². The maximum atomic E-state index is 12.8. The Labute approximate surface area is 629 Å². The molecular formula is C75H118FN13O17S. The van der Waals surface area contributed by atoms with Gasteiger partial charge in [-0.05, 0) is 135 Å². The number of H-pyrrole nitrogens is 4. The van der Waals surface area contributed by atoms with Crippen molar-refractivity contribution < 1.29 is 57.1 Å². The Morgan fingerprint density at radius 3 is 1.30 bits per heavy atom. The molecule has 4 aromatic rings. The Hall–Kier alpha value is -9.20. The lowest BCUT2D eigenvalue weighted by atomic mass is 9.76. The molecule has 4 aromatic heterocycles. The number of methoxy groups -OCH3 is 1. The molecule has 0 bridgehead atoms. The SMILES string of the molecule is CC(C)(C)C1CC(=O)NC1=O.CC(C)(C)C1CCC(=O)NC1=O.CC(C)(C)C1SC(=O)NC1=O.CC(C)(C)N1CC(=O)NC(=O)C1.CC(C)(C)N1CCC(=O)NC1=O.CC(C)(C)c1ccc[nH]c1=O.CC(C)(C)n1cc(F)c(=O)[nH]c1=O.CC(C)(C)n1ccc(=O)[nH]c1=O.COc1ccc(C(C)(C)C)c(=O)[nH]1. The highest BCUT2D eigenvalue weighted by Crippen LogP contribution is 2.35. The number of carbonyl (C=O) groups excluding carboxylic acids is 10. The number of piperazine rings is 1. The maximum absolute atomic E-state index is 12.8. The lowest BCUT2D eigenvalue weighted by Gasteiger charge is -2.37. The smallest absolute Gasteiger partial charge is 0.328 e. The molecule has 3 unspecified atom stereocenters. The van der Waals surface area contributed by atoms with Crippen molar-refractivity contribution in [3.05, 3.63) is 128 Å². The number of nitrogens with one attached hydrogen (secondary N) is 9. The molecule has 5 fully saturated rings. The molecular weight excluding hydrogens is 1410 g/mol. The zero-order valence-corrected chi connectivity index (χ0v) is 68.6. The lowest BCUT2D eigenvalue weighted by molar-refractivity contribution is -0.140. The maximum Gasteiger partial charge on any atom is 0.328 e. The molecule has 11 amide bonds. The monoisotopic (exact) mass is 1520 g/mol. The van der Waals surface area contributed by atoms with Crippen molar-refractivity contribution in [2.75, 3.05) is 26.7 Å². The van der Waals surface area contributed by atoms with E-state index < -0.39 is 22.6 Å². The van der Waals surface area contributed by atoms with Gasteiger partial charge < -0.3 is 14.6 Å². The van der Waals surface area contributed by atoms with Gasteiger partial charge >= 0.3 is 17.4 Å². The molecule has 598 valence electrons. The third-order valence-electron chi connectivity index (χ3n) is 16.2. The third-order valence-corrected chi connectivity index (χ3v) is 17.7. The molecule has 0 spiro atoms. The van der Waals surface area contributed by atoms with Crippen LogP contribution in [-0.2, 0) is 60.3 Å². The van der Waals surface area contributed by atoms with Crippen LogP contribution in [0, 0.1) is 33.9 Å². The van der Waals surface area contributed by atoms with Crippen molar-refractivity contribution in [1.82, 2.24) is 65.5 Å². The zero-order chi connectivity index (χ0) is 83.5. The summed E-state index contributed by atoms with van der Waals surface area (Å²) in [5.41, 5.74) is -2.38. The third kappa shape index (κ3) is 33.2. The van der Waals surface area contributed by atoms with Gasteiger partial charge in [-0.1, -0.05) is 122 Å². The number of piperidine rings is 1. The first kappa shape index (κ1) is 95.8. The fraction of sp³-hybridized carbons (Fsp3) is 0.627. The van der Waals surface area contributed by atoms with Crippen molar-refractivity contribution in [1.29, 1.82) is 0 Å². The van der Waals surface area contributed by atoms with Crippen molar-refractivity contribution in [3.8, 4) is 5.88 Å². The Bertz CT molecular complexity index is 4070. The van der Waals surface area contributed by atoms with E-state index in [-0.39, 0.29) is 142 Å². The number of aromatic nitrogens is 6. The van der Waals surface area contributed by atoms with Gasteiger partial charge in [-0.2, -0.15) is 4.39 Å². The number of imide groups is 5. The van der Waals surface area contributed by atoms with E-state index in [1.807, 2.05) is 188 Å². The molecule has 5 aliphatic rings. The standard InChI is InChI=1S/C10H15NO2.C9H15NO2.C9H13NO.C8H11FN2O2.2C8H14N2O2.C8H12N2O2.C8H13NO2.C7H11NO2S/c1-10(2,3)7-5-6-8(13-4)11-9(7)12;1-9(2,3)6-4-5-7(11)10-8(6)12;1-9(2,3)7-5-4-6-10-8(7)11;1-8(2,3)11-4-5(9)6(12)10-7(11)13;1-8(2,3)10-4-6(11)9-7(12)5-10;2*1-8(2,3)10-5-4-6(11)9-7(10)12;1-8(2,3)5-4-6(10)9-7(5)11;1-7(2,3)4-5(9)8-6(10)11-4/h5-6H,1-4H3,(H,11,12);6H,4-5H2,1-3H3,(H,10,11,12);4-6H,1-3H3,(H,10,11);4H,1-3H3,(H,10,12,13);2*4-5H2,1-3H3,(H,9,11,12);4-5H,1-3H3,(H,9,11,12);5H,4H2,1-3H3,(H,9,10,11);4H,1-3H3,(H,8,9,10). The van der Waals surface area contributed by atoms with Gasteiger partial charge in [-0.3, -0.25) is 118 Å². The van der Waals surface area contributed by atoms with Crippen LogP contribution in [0.1, 0.15) is 224 Å². The predicted octanol–water partition coefficient (Wildman–Crippen LogP) is 7.71. The van der Waals surface area contributed by atoms with E-state index in [1.165, 1.54) is 23.9 Å². The quantitative estimate of drug-likeness (QED) is 0.0823. The number of rotatable bonds is 1. The van der Waals surface area contributed by atoms with Gasteiger partial charge in [0.25, 0.3) is 27.5 Å². The second-order valence-corrected chi connectivity index (χ2v) is 36.2. The van der Waals surface area contributed by atoms with Crippen LogP contribution in [0.25, 0.3) is 0 Å².